The Bertz CT molecular complexity index is 1590. The van der Waals surface area contributed by atoms with Crippen molar-refractivity contribution < 1.29 is 24.2 Å². The van der Waals surface area contributed by atoms with E-state index in [1.165, 1.54) is 6.92 Å². The van der Waals surface area contributed by atoms with Crippen LogP contribution in [0.4, 0.5) is 0 Å². The van der Waals surface area contributed by atoms with Crippen molar-refractivity contribution in [2.24, 2.45) is 7.05 Å². The molecule has 47 heavy (non-hydrogen) atoms. The highest BCUT2D eigenvalue weighted by molar-refractivity contribution is 7.99. The number of nitrogens with zero attached hydrogens (tertiary/aromatic N) is 3. The molecule has 0 aliphatic carbocycles. The molecule has 4 aromatic rings. The van der Waals surface area contributed by atoms with E-state index in [0.29, 0.717) is 31.7 Å². The Morgan fingerprint density at radius 1 is 0.936 bits per heavy atom. The Labute approximate surface area is 280 Å². The number of aryl methyl sites for hydroxylation is 1. The molecule has 1 saturated heterocycles. The Kier molecular flexibility index (Phi) is 12.6. The fourth-order valence-electron chi connectivity index (χ4n) is 5.43. The molecule has 2 heterocycles. The molecule has 3 atom stereocenters. The predicted octanol–water partition coefficient (Wildman–Crippen LogP) is 5.62. The SMILES string of the molecule is CC(=O)NCCCCCC(=O)NCc1cccc(-c2ccc([C@H]3O[C@@H](CSc4nncn4C)C[C@@H](c4ccc(CO)cc4)O3)cc2)c1. The van der Waals surface area contributed by atoms with Crippen LogP contribution >= 0.6 is 11.8 Å². The molecule has 3 N–H and O–H groups in total. The summed E-state index contributed by atoms with van der Waals surface area (Å²) in [5, 5.41) is 24.3. The summed E-state index contributed by atoms with van der Waals surface area (Å²) in [5.41, 5.74) is 5.99. The van der Waals surface area contributed by atoms with Crippen LogP contribution in [0, 0.1) is 0 Å². The van der Waals surface area contributed by atoms with Crippen molar-refractivity contribution >= 4 is 23.6 Å². The lowest BCUT2D eigenvalue weighted by atomic mass is 9.99. The first-order valence-electron chi connectivity index (χ1n) is 16.1. The van der Waals surface area contributed by atoms with Crippen LogP contribution in [-0.4, -0.2) is 50.1 Å². The van der Waals surface area contributed by atoms with E-state index in [1.54, 1.807) is 18.1 Å². The van der Waals surface area contributed by atoms with Crippen molar-refractivity contribution in [3.05, 3.63) is 101 Å². The average molecular weight is 658 g/mol. The van der Waals surface area contributed by atoms with E-state index in [2.05, 4.69) is 45.1 Å². The van der Waals surface area contributed by atoms with E-state index < -0.39 is 6.29 Å². The van der Waals surface area contributed by atoms with Crippen LogP contribution in [0.1, 0.15) is 73.7 Å². The summed E-state index contributed by atoms with van der Waals surface area (Å²) in [6.45, 7) is 2.63. The van der Waals surface area contributed by atoms with Gasteiger partial charge in [0.05, 0.1) is 18.8 Å². The summed E-state index contributed by atoms with van der Waals surface area (Å²) in [7, 11) is 1.93. The van der Waals surface area contributed by atoms with Crippen LogP contribution in [0.3, 0.4) is 0 Å². The number of aliphatic hydroxyl groups is 1. The molecule has 0 saturated carbocycles. The van der Waals surface area contributed by atoms with Crippen LogP contribution in [-0.2, 0) is 39.3 Å². The van der Waals surface area contributed by atoms with Crippen LogP contribution in [0.25, 0.3) is 11.1 Å². The molecule has 0 unspecified atom stereocenters. The molecule has 0 spiro atoms. The molecule has 5 rings (SSSR count). The van der Waals surface area contributed by atoms with Crippen molar-refractivity contribution in [2.45, 2.75) is 75.8 Å². The zero-order valence-electron chi connectivity index (χ0n) is 26.9. The molecule has 0 radical (unpaired) electrons. The molecule has 0 bridgehead atoms. The van der Waals surface area contributed by atoms with Gasteiger partial charge in [0.2, 0.25) is 11.8 Å². The Balaban J connectivity index is 1.20. The maximum Gasteiger partial charge on any atom is 0.220 e. The van der Waals surface area contributed by atoms with Gasteiger partial charge in [0.25, 0.3) is 0 Å². The summed E-state index contributed by atoms with van der Waals surface area (Å²) in [6.07, 6.45) is 4.64. The molecule has 1 aliphatic heterocycles. The topological polar surface area (TPSA) is 128 Å². The van der Waals surface area contributed by atoms with Gasteiger partial charge in [-0.3, -0.25) is 9.59 Å². The number of nitrogens with one attached hydrogen (secondary N) is 2. The first-order valence-corrected chi connectivity index (χ1v) is 17.0. The van der Waals surface area contributed by atoms with Gasteiger partial charge in [0.15, 0.2) is 11.4 Å². The molecule has 11 heteroatoms. The third-order valence-electron chi connectivity index (χ3n) is 8.07. The Hall–Kier alpha value is -4.03. The molecular weight excluding hydrogens is 614 g/mol. The van der Waals surface area contributed by atoms with Crippen molar-refractivity contribution in [3.8, 4) is 11.1 Å². The highest BCUT2D eigenvalue weighted by Gasteiger charge is 2.32. The molecule has 3 aromatic carbocycles. The number of carbonyl (C=O) groups excluding carboxylic acids is 2. The Morgan fingerprint density at radius 2 is 1.72 bits per heavy atom. The van der Waals surface area contributed by atoms with E-state index in [9.17, 15) is 14.7 Å². The van der Waals surface area contributed by atoms with Crippen LogP contribution in [0.5, 0.6) is 0 Å². The maximum atomic E-state index is 12.4. The van der Waals surface area contributed by atoms with E-state index in [4.69, 9.17) is 9.47 Å². The van der Waals surface area contributed by atoms with Gasteiger partial charge in [-0.05, 0) is 46.7 Å². The monoisotopic (exact) mass is 657 g/mol. The van der Waals surface area contributed by atoms with E-state index in [-0.39, 0.29) is 30.6 Å². The number of rotatable bonds is 15. The first-order chi connectivity index (χ1) is 22.9. The zero-order valence-corrected chi connectivity index (χ0v) is 27.7. The second-order valence-corrected chi connectivity index (χ2v) is 12.8. The number of hydrogen-bond acceptors (Lipinski definition) is 8. The van der Waals surface area contributed by atoms with Gasteiger partial charge in [-0.25, -0.2) is 0 Å². The molecule has 1 fully saturated rings. The second-order valence-electron chi connectivity index (χ2n) is 11.8. The lowest BCUT2D eigenvalue weighted by Gasteiger charge is -2.36. The van der Waals surface area contributed by atoms with Crippen molar-refractivity contribution in [1.82, 2.24) is 25.4 Å². The number of aromatic nitrogens is 3. The second kappa shape index (κ2) is 17.2. The van der Waals surface area contributed by atoms with E-state index >= 15 is 0 Å². The number of amides is 2. The molecular formula is C36H43N5O5S. The van der Waals surface area contributed by atoms with E-state index in [0.717, 1.165) is 57.8 Å². The van der Waals surface area contributed by atoms with Gasteiger partial charge in [-0.2, -0.15) is 0 Å². The summed E-state index contributed by atoms with van der Waals surface area (Å²) >= 11 is 1.61. The quantitative estimate of drug-likeness (QED) is 0.111. The third kappa shape index (κ3) is 10.2. The van der Waals surface area contributed by atoms with E-state index in [1.807, 2.05) is 60.1 Å². The maximum absolute atomic E-state index is 12.4. The number of carbonyl (C=O) groups is 2. The van der Waals surface area contributed by atoms with Gasteiger partial charge in [0, 0.05) is 51.2 Å². The molecule has 1 aliphatic rings. The lowest BCUT2D eigenvalue weighted by molar-refractivity contribution is -0.245. The minimum absolute atomic E-state index is 0.00142. The minimum Gasteiger partial charge on any atom is -0.392 e. The number of thioether (sulfide) groups is 1. The first kappa shape index (κ1) is 34.3. The standard InChI is InChI=1S/C36H43N5O5S/c1-25(43)37-18-5-3-4-9-34(44)38-21-27-7-6-8-31(19-27)28-14-16-30(17-15-28)35-45-32(23-47-36-40-39-24-41(36)2)20-33(46-35)29-12-10-26(22-42)11-13-29/h6-8,10-17,19,24,32-33,35,42H,3-5,9,18,20-23H2,1-2H3,(H,37,43)(H,38,44)/t32-,33+,35+/m1/s1. The van der Waals surface area contributed by atoms with Crippen LogP contribution in [0.15, 0.2) is 84.3 Å². The van der Waals surface area contributed by atoms with Gasteiger partial charge < -0.3 is 29.8 Å². The smallest absolute Gasteiger partial charge is 0.220 e. The van der Waals surface area contributed by atoms with Gasteiger partial charge >= 0.3 is 0 Å². The van der Waals surface area contributed by atoms with Gasteiger partial charge in [0.1, 0.15) is 6.33 Å². The molecule has 10 nitrogen and oxygen atoms in total. The van der Waals surface area contributed by atoms with Crippen molar-refractivity contribution in [2.75, 3.05) is 12.3 Å². The summed E-state index contributed by atoms with van der Waals surface area (Å²) in [6, 6.07) is 24.3. The highest BCUT2D eigenvalue weighted by Crippen LogP contribution is 2.39. The zero-order chi connectivity index (χ0) is 33.0. The van der Waals surface area contributed by atoms with Gasteiger partial charge in [-0.15, -0.1) is 10.2 Å². The summed E-state index contributed by atoms with van der Waals surface area (Å²) < 4.78 is 14.9. The number of unbranched alkanes of at least 4 members (excludes halogenated alkanes) is 2. The number of hydrogen-bond donors (Lipinski definition) is 3. The lowest BCUT2D eigenvalue weighted by Crippen LogP contribution is -2.31. The van der Waals surface area contributed by atoms with Crippen LogP contribution in [0.2, 0.25) is 0 Å². The molecule has 1 aromatic heterocycles. The average Bonchev–Trinajstić information content (AvgIpc) is 3.52. The fraction of sp³-hybridized carbons (Fsp3) is 0.389. The summed E-state index contributed by atoms with van der Waals surface area (Å²) in [5.74, 6) is 0.711. The van der Waals surface area contributed by atoms with Crippen molar-refractivity contribution in [1.29, 1.82) is 0 Å². The number of aliphatic hydroxyl groups excluding tert-OH is 1. The molecule has 2 amide bonds. The minimum atomic E-state index is -0.544. The predicted molar refractivity (Wildman–Crippen MR) is 181 cm³/mol. The third-order valence-corrected chi connectivity index (χ3v) is 9.24. The summed E-state index contributed by atoms with van der Waals surface area (Å²) in [4.78, 5) is 23.3. The van der Waals surface area contributed by atoms with Crippen molar-refractivity contribution in [3.63, 3.8) is 0 Å². The van der Waals surface area contributed by atoms with Crippen LogP contribution < -0.4 is 10.6 Å². The Morgan fingerprint density at radius 3 is 2.45 bits per heavy atom. The number of benzene rings is 3. The number of ether oxygens (including phenoxy) is 2. The fourth-order valence-corrected chi connectivity index (χ4v) is 6.33. The largest absolute Gasteiger partial charge is 0.392 e. The van der Waals surface area contributed by atoms with Gasteiger partial charge in [-0.1, -0.05) is 84.9 Å². The normalized spacial score (nSPS) is 17.7. The molecule has 248 valence electrons. The highest BCUT2D eigenvalue weighted by atomic mass is 32.2.